The SMILES string of the molecule is c1ccc(-n2c3ccccc3c3ccc4c(c5ccc6c7ccccc7c7nccn7c6c5n4-c4ccccc4)c32)cc1. The molecule has 0 aliphatic carbocycles. The van der Waals surface area contributed by atoms with E-state index in [9.17, 15) is 0 Å². The fourth-order valence-corrected chi connectivity index (χ4v) is 7.37. The van der Waals surface area contributed by atoms with Crippen LogP contribution in [0.1, 0.15) is 0 Å². The van der Waals surface area contributed by atoms with Crippen molar-refractivity contribution in [3.05, 3.63) is 146 Å². The van der Waals surface area contributed by atoms with E-state index in [2.05, 4.69) is 153 Å². The zero-order valence-corrected chi connectivity index (χ0v) is 23.1. The molecule has 4 aromatic heterocycles. The van der Waals surface area contributed by atoms with Gasteiger partial charge in [0.1, 0.15) is 5.65 Å². The molecule has 0 N–H and O–H groups in total. The summed E-state index contributed by atoms with van der Waals surface area (Å²) in [6, 6.07) is 48.1. The molecule has 0 atom stereocenters. The zero-order chi connectivity index (χ0) is 28.1. The van der Waals surface area contributed by atoms with Gasteiger partial charge in [0.25, 0.3) is 0 Å². The van der Waals surface area contributed by atoms with Crippen LogP contribution in [-0.2, 0) is 0 Å². The van der Waals surface area contributed by atoms with Crippen molar-refractivity contribution in [2.45, 2.75) is 0 Å². The molecule has 0 fully saturated rings. The summed E-state index contributed by atoms with van der Waals surface area (Å²) in [5.74, 6) is 0. The maximum absolute atomic E-state index is 4.84. The molecule has 10 aromatic rings. The molecule has 0 unspecified atom stereocenters. The molecule has 0 saturated heterocycles. The number of para-hydroxylation sites is 3. The molecule has 4 heterocycles. The van der Waals surface area contributed by atoms with Gasteiger partial charge in [-0.05, 0) is 41.8 Å². The van der Waals surface area contributed by atoms with Crippen molar-refractivity contribution in [1.29, 1.82) is 0 Å². The number of aromatic nitrogens is 4. The van der Waals surface area contributed by atoms with Gasteiger partial charge in [-0.1, -0.05) is 97.1 Å². The number of fused-ring (bicyclic) bond motifs is 14. The molecule has 0 radical (unpaired) electrons. The molecule has 43 heavy (non-hydrogen) atoms. The molecular formula is C39H24N4. The summed E-state index contributed by atoms with van der Waals surface area (Å²) < 4.78 is 7.18. The van der Waals surface area contributed by atoms with Crippen molar-refractivity contribution in [3.63, 3.8) is 0 Å². The Bertz CT molecular complexity index is 2710. The molecule has 0 spiro atoms. The fourth-order valence-electron chi connectivity index (χ4n) is 7.37. The molecule has 4 heteroatoms. The van der Waals surface area contributed by atoms with E-state index in [-0.39, 0.29) is 0 Å². The largest absolute Gasteiger partial charge is 0.309 e. The van der Waals surface area contributed by atoms with E-state index in [0.717, 1.165) is 22.4 Å². The first-order chi connectivity index (χ1) is 21.4. The fraction of sp³-hybridized carbons (Fsp3) is 0. The van der Waals surface area contributed by atoms with Crippen LogP contribution in [0.3, 0.4) is 0 Å². The van der Waals surface area contributed by atoms with E-state index in [1.807, 2.05) is 6.20 Å². The van der Waals surface area contributed by atoms with Crippen LogP contribution < -0.4 is 0 Å². The van der Waals surface area contributed by atoms with E-state index in [4.69, 9.17) is 4.98 Å². The first-order valence-electron chi connectivity index (χ1n) is 14.7. The van der Waals surface area contributed by atoms with Gasteiger partial charge in [-0.2, -0.15) is 0 Å². The Hall–Kier alpha value is -5.87. The van der Waals surface area contributed by atoms with E-state index in [1.54, 1.807) is 0 Å². The molecular weight excluding hydrogens is 524 g/mol. The predicted octanol–water partition coefficient (Wildman–Crippen LogP) is 9.83. The summed E-state index contributed by atoms with van der Waals surface area (Å²) in [5.41, 5.74) is 9.24. The van der Waals surface area contributed by atoms with Crippen LogP contribution in [0, 0.1) is 0 Å². The number of pyridine rings is 1. The number of hydrogen-bond acceptors (Lipinski definition) is 1. The third-order valence-electron chi connectivity index (χ3n) is 9.07. The highest BCUT2D eigenvalue weighted by Gasteiger charge is 2.23. The van der Waals surface area contributed by atoms with Gasteiger partial charge in [0.15, 0.2) is 0 Å². The average Bonchev–Trinajstić information content (AvgIpc) is 3.78. The lowest BCUT2D eigenvalue weighted by Gasteiger charge is -2.13. The number of benzene rings is 6. The number of hydrogen-bond donors (Lipinski definition) is 0. The highest BCUT2D eigenvalue weighted by molar-refractivity contribution is 6.30. The summed E-state index contributed by atoms with van der Waals surface area (Å²) in [5, 5.41) is 8.58. The van der Waals surface area contributed by atoms with Crippen molar-refractivity contribution in [3.8, 4) is 11.4 Å². The second-order valence-electron chi connectivity index (χ2n) is 11.2. The first-order valence-corrected chi connectivity index (χ1v) is 14.7. The van der Waals surface area contributed by atoms with Crippen LogP contribution in [0.15, 0.2) is 146 Å². The van der Waals surface area contributed by atoms with Gasteiger partial charge >= 0.3 is 0 Å². The van der Waals surface area contributed by atoms with Crippen LogP contribution in [0.25, 0.3) is 82.3 Å². The van der Waals surface area contributed by atoms with Gasteiger partial charge in [0.2, 0.25) is 0 Å². The minimum absolute atomic E-state index is 0.976. The first kappa shape index (κ1) is 22.8. The molecule has 4 nitrogen and oxygen atoms in total. The summed E-state index contributed by atoms with van der Waals surface area (Å²) in [7, 11) is 0. The topological polar surface area (TPSA) is 27.2 Å². The van der Waals surface area contributed by atoms with Crippen LogP contribution >= 0.6 is 0 Å². The second-order valence-corrected chi connectivity index (χ2v) is 11.2. The normalized spacial score (nSPS) is 12.2. The van der Waals surface area contributed by atoms with Crippen molar-refractivity contribution in [2.75, 3.05) is 0 Å². The van der Waals surface area contributed by atoms with E-state index in [0.29, 0.717) is 0 Å². The molecule has 0 bridgehead atoms. The van der Waals surface area contributed by atoms with Crippen LogP contribution in [0.5, 0.6) is 0 Å². The zero-order valence-electron chi connectivity index (χ0n) is 23.1. The average molecular weight is 549 g/mol. The summed E-state index contributed by atoms with van der Waals surface area (Å²) in [6.07, 6.45) is 4.02. The predicted molar refractivity (Wildman–Crippen MR) is 179 cm³/mol. The van der Waals surface area contributed by atoms with Crippen LogP contribution in [0.4, 0.5) is 0 Å². The molecule has 6 aromatic carbocycles. The number of rotatable bonds is 2. The Morgan fingerprint density at radius 2 is 0.977 bits per heavy atom. The van der Waals surface area contributed by atoms with Crippen LogP contribution in [0.2, 0.25) is 0 Å². The number of nitrogens with zero attached hydrogens (tertiary/aromatic N) is 4. The second kappa shape index (κ2) is 8.34. The van der Waals surface area contributed by atoms with Gasteiger partial charge < -0.3 is 9.13 Å². The van der Waals surface area contributed by atoms with Crippen molar-refractivity contribution in [2.24, 2.45) is 0 Å². The van der Waals surface area contributed by atoms with Gasteiger partial charge in [-0.3, -0.25) is 4.40 Å². The lowest BCUT2D eigenvalue weighted by Crippen LogP contribution is -1.97. The monoisotopic (exact) mass is 548 g/mol. The Morgan fingerprint density at radius 1 is 0.395 bits per heavy atom. The molecule has 200 valence electrons. The molecule has 0 aliphatic rings. The Morgan fingerprint density at radius 3 is 1.74 bits per heavy atom. The quantitative estimate of drug-likeness (QED) is 0.198. The third kappa shape index (κ3) is 2.92. The van der Waals surface area contributed by atoms with Crippen molar-refractivity contribution in [1.82, 2.24) is 18.5 Å². The summed E-state index contributed by atoms with van der Waals surface area (Å²) >= 11 is 0. The summed E-state index contributed by atoms with van der Waals surface area (Å²) in [4.78, 5) is 4.84. The Kier molecular flexibility index (Phi) is 4.42. The maximum Gasteiger partial charge on any atom is 0.145 e. The smallest absolute Gasteiger partial charge is 0.145 e. The standard InChI is InChI=1S/C39H24N4/c1-3-11-25(12-4-1)42-33-18-10-9-16-28(33)30-21-22-34-35(36(30)42)32-20-19-29-27-15-7-8-17-31(27)39-40-23-24-41(39)37(29)38(32)43(34)26-13-5-2-6-14-26/h1-24H. The lowest BCUT2D eigenvalue weighted by molar-refractivity contribution is 1.17. The summed E-state index contributed by atoms with van der Waals surface area (Å²) in [6.45, 7) is 0. The van der Waals surface area contributed by atoms with E-state index < -0.39 is 0 Å². The van der Waals surface area contributed by atoms with Gasteiger partial charge in [-0.25, -0.2) is 4.98 Å². The minimum atomic E-state index is 0.976. The Balaban J connectivity index is 1.53. The number of imidazole rings is 1. The highest BCUT2D eigenvalue weighted by Crippen LogP contribution is 2.44. The molecule has 0 amide bonds. The highest BCUT2D eigenvalue weighted by atomic mass is 15.0. The van der Waals surface area contributed by atoms with Gasteiger partial charge in [-0.15, -0.1) is 0 Å². The van der Waals surface area contributed by atoms with Crippen LogP contribution in [-0.4, -0.2) is 18.5 Å². The molecule has 0 aliphatic heterocycles. The minimum Gasteiger partial charge on any atom is -0.309 e. The van der Waals surface area contributed by atoms with Crippen molar-refractivity contribution >= 4 is 70.9 Å². The van der Waals surface area contributed by atoms with E-state index >= 15 is 0 Å². The molecule has 0 saturated carbocycles. The van der Waals surface area contributed by atoms with Gasteiger partial charge in [0, 0.05) is 56.1 Å². The van der Waals surface area contributed by atoms with Gasteiger partial charge in [0.05, 0.1) is 27.6 Å². The molecule has 10 rings (SSSR count). The van der Waals surface area contributed by atoms with E-state index in [1.165, 1.54) is 59.9 Å². The Labute approximate surface area is 246 Å². The third-order valence-corrected chi connectivity index (χ3v) is 9.07. The maximum atomic E-state index is 4.84. The lowest BCUT2D eigenvalue weighted by atomic mass is 10.0. The van der Waals surface area contributed by atoms with Crippen molar-refractivity contribution < 1.29 is 0 Å².